The first-order chi connectivity index (χ1) is 13.1. The van der Waals surface area contributed by atoms with Gasteiger partial charge in [0.1, 0.15) is 0 Å². The third kappa shape index (κ3) is 5.62. The van der Waals surface area contributed by atoms with Gasteiger partial charge in [-0.15, -0.1) is 0 Å². The van der Waals surface area contributed by atoms with Gasteiger partial charge in [-0.3, -0.25) is 19.5 Å². The van der Waals surface area contributed by atoms with E-state index in [2.05, 4.69) is 10.3 Å². The minimum atomic E-state index is -0.0291. The molecule has 0 radical (unpaired) electrons. The van der Waals surface area contributed by atoms with E-state index < -0.39 is 0 Å². The van der Waals surface area contributed by atoms with Gasteiger partial charge in [0.25, 0.3) is 5.91 Å². The lowest BCUT2D eigenvalue weighted by atomic mass is 10.1. The van der Waals surface area contributed by atoms with Gasteiger partial charge in [-0.05, 0) is 49.2 Å². The number of benzene rings is 1. The standard InChI is InChI=1S/C21H26N4O2/c1-24(15-18-5-4-10-22-13-18)16-20(26)23-14-17-6-8-19(9-7-17)21(27)25-11-2-3-12-25/h4-10,13H,2-3,11-12,14-16H2,1H3,(H,23,26). The van der Waals surface area contributed by atoms with Crippen LogP contribution in [0.25, 0.3) is 0 Å². The highest BCUT2D eigenvalue weighted by molar-refractivity contribution is 5.94. The van der Waals surface area contributed by atoms with Crippen LogP contribution in [0.4, 0.5) is 0 Å². The van der Waals surface area contributed by atoms with Crippen LogP contribution < -0.4 is 5.32 Å². The van der Waals surface area contributed by atoms with Crippen LogP contribution >= 0.6 is 0 Å². The highest BCUT2D eigenvalue weighted by atomic mass is 16.2. The van der Waals surface area contributed by atoms with Gasteiger partial charge in [0.15, 0.2) is 0 Å². The Morgan fingerprint density at radius 1 is 1.11 bits per heavy atom. The second-order valence-electron chi connectivity index (χ2n) is 7.01. The van der Waals surface area contributed by atoms with E-state index in [1.165, 1.54) is 0 Å². The lowest BCUT2D eigenvalue weighted by molar-refractivity contribution is -0.122. The minimum Gasteiger partial charge on any atom is -0.351 e. The lowest BCUT2D eigenvalue weighted by Crippen LogP contribution is -2.34. The first kappa shape index (κ1) is 19.0. The summed E-state index contributed by atoms with van der Waals surface area (Å²) in [7, 11) is 1.91. The van der Waals surface area contributed by atoms with Crippen LogP contribution in [-0.2, 0) is 17.9 Å². The molecular formula is C21H26N4O2. The molecule has 2 heterocycles. The molecule has 6 heteroatoms. The fraction of sp³-hybridized carbons (Fsp3) is 0.381. The quantitative estimate of drug-likeness (QED) is 0.815. The molecule has 1 aromatic carbocycles. The van der Waals surface area contributed by atoms with Crippen molar-refractivity contribution < 1.29 is 9.59 Å². The van der Waals surface area contributed by atoms with Gasteiger partial charge < -0.3 is 10.2 Å². The first-order valence-electron chi connectivity index (χ1n) is 9.34. The Hall–Kier alpha value is -2.73. The van der Waals surface area contributed by atoms with Crippen LogP contribution in [0.5, 0.6) is 0 Å². The van der Waals surface area contributed by atoms with E-state index in [0.29, 0.717) is 25.2 Å². The fourth-order valence-electron chi connectivity index (χ4n) is 3.23. The highest BCUT2D eigenvalue weighted by Gasteiger charge is 2.19. The van der Waals surface area contributed by atoms with Crippen molar-refractivity contribution in [1.29, 1.82) is 0 Å². The van der Waals surface area contributed by atoms with E-state index in [0.717, 1.165) is 37.1 Å². The number of amides is 2. The average molecular weight is 366 g/mol. The van der Waals surface area contributed by atoms with Crippen LogP contribution in [0.3, 0.4) is 0 Å². The summed E-state index contributed by atoms with van der Waals surface area (Å²) >= 11 is 0. The van der Waals surface area contributed by atoms with E-state index in [9.17, 15) is 9.59 Å². The molecule has 1 aliphatic heterocycles. The van der Waals surface area contributed by atoms with Gasteiger partial charge in [-0.2, -0.15) is 0 Å². The van der Waals surface area contributed by atoms with Crippen molar-refractivity contribution in [2.45, 2.75) is 25.9 Å². The molecule has 1 N–H and O–H groups in total. The molecule has 0 saturated carbocycles. The summed E-state index contributed by atoms with van der Waals surface area (Å²) in [6, 6.07) is 11.4. The van der Waals surface area contributed by atoms with Crippen LogP contribution in [0, 0.1) is 0 Å². The number of nitrogens with one attached hydrogen (secondary N) is 1. The third-order valence-corrected chi connectivity index (χ3v) is 4.67. The van der Waals surface area contributed by atoms with Crippen molar-refractivity contribution in [2.75, 3.05) is 26.7 Å². The van der Waals surface area contributed by atoms with E-state index in [1.54, 1.807) is 12.4 Å². The maximum Gasteiger partial charge on any atom is 0.253 e. The molecule has 1 aromatic heterocycles. The molecule has 2 amide bonds. The normalized spacial score (nSPS) is 13.8. The summed E-state index contributed by atoms with van der Waals surface area (Å²) in [6.07, 6.45) is 5.72. The monoisotopic (exact) mass is 366 g/mol. The number of hydrogen-bond donors (Lipinski definition) is 1. The summed E-state index contributed by atoms with van der Waals surface area (Å²) in [6.45, 7) is 3.15. The predicted molar refractivity (Wildman–Crippen MR) is 104 cm³/mol. The number of likely N-dealkylation sites (N-methyl/N-ethyl adjacent to an activating group) is 1. The van der Waals surface area contributed by atoms with Crippen LogP contribution in [0.2, 0.25) is 0 Å². The zero-order valence-corrected chi connectivity index (χ0v) is 15.7. The number of rotatable bonds is 7. The molecule has 0 bridgehead atoms. The van der Waals surface area contributed by atoms with Gasteiger partial charge >= 0.3 is 0 Å². The molecule has 0 spiro atoms. The number of hydrogen-bond acceptors (Lipinski definition) is 4. The van der Waals surface area contributed by atoms with Crippen molar-refractivity contribution >= 4 is 11.8 Å². The molecule has 2 aromatic rings. The Balaban J connectivity index is 1.43. The number of nitrogens with zero attached hydrogens (tertiary/aromatic N) is 3. The molecule has 0 atom stereocenters. The number of pyridine rings is 1. The summed E-state index contributed by atoms with van der Waals surface area (Å²) in [4.78, 5) is 32.4. The van der Waals surface area contributed by atoms with Gasteiger partial charge in [0.2, 0.25) is 5.91 Å². The molecule has 1 aliphatic rings. The molecule has 1 fully saturated rings. The third-order valence-electron chi connectivity index (χ3n) is 4.67. The average Bonchev–Trinajstić information content (AvgIpc) is 3.22. The number of carbonyl (C=O) groups excluding carboxylic acids is 2. The minimum absolute atomic E-state index is 0.0291. The van der Waals surface area contributed by atoms with Crippen LogP contribution in [-0.4, -0.2) is 53.3 Å². The zero-order valence-electron chi connectivity index (χ0n) is 15.7. The second kappa shape index (κ2) is 9.28. The molecule has 6 nitrogen and oxygen atoms in total. The molecule has 27 heavy (non-hydrogen) atoms. The lowest BCUT2D eigenvalue weighted by Gasteiger charge is -2.16. The summed E-state index contributed by atoms with van der Waals surface area (Å²) in [5.41, 5.74) is 2.77. The van der Waals surface area contributed by atoms with E-state index in [1.807, 2.05) is 53.2 Å². The van der Waals surface area contributed by atoms with Crippen molar-refractivity contribution in [3.05, 3.63) is 65.5 Å². The Morgan fingerprint density at radius 3 is 2.52 bits per heavy atom. The highest BCUT2D eigenvalue weighted by Crippen LogP contribution is 2.13. The molecule has 142 valence electrons. The van der Waals surface area contributed by atoms with Crippen molar-refractivity contribution in [3.8, 4) is 0 Å². The van der Waals surface area contributed by atoms with Gasteiger partial charge in [-0.1, -0.05) is 18.2 Å². The van der Waals surface area contributed by atoms with Gasteiger partial charge in [0, 0.05) is 44.1 Å². The number of likely N-dealkylation sites (tertiary alicyclic amines) is 1. The topological polar surface area (TPSA) is 65.5 Å². The van der Waals surface area contributed by atoms with Crippen molar-refractivity contribution in [3.63, 3.8) is 0 Å². The first-order valence-corrected chi connectivity index (χ1v) is 9.34. The molecule has 0 unspecified atom stereocenters. The second-order valence-corrected chi connectivity index (χ2v) is 7.01. The van der Waals surface area contributed by atoms with E-state index in [4.69, 9.17) is 0 Å². The maximum absolute atomic E-state index is 12.3. The van der Waals surface area contributed by atoms with Crippen LogP contribution in [0.15, 0.2) is 48.8 Å². The smallest absolute Gasteiger partial charge is 0.253 e. The molecule has 3 rings (SSSR count). The summed E-state index contributed by atoms with van der Waals surface area (Å²) < 4.78 is 0. The SMILES string of the molecule is CN(CC(=O)NCc1ccc(C(=O)N2CCCC2)cc1)Cc1cccnc1. The Morgan fingerprint density at radius 2 is 1.85 bits per heavy atom. The van der Waals surface area contributed by atoms with E-state index in [-0.39, 0.29) is 11.8 Å². The Labute approximate surface area is 160 Å². The number of carbonyl (C=O) groups is 2. The van der Waals surface area contributed by atoms with E-state index >= 15 is 0 Å². The Bertz CT molecular complexity index is 756. The largest absolute Gasteiger partial charge is 0.351 e. The number of aromatic nitrogens is 1. The zero-order chi connectivity index (χ0) is 19.1. The maximum atomic E-state index is 12.3. The van der Waals surface area contributed by atoms with Crippen LogP contribution in [0.1, 0.15) is 34.3 Å². The Kier molecular flexibility index (Phi) is 6.54. The fourth-order valence-corrected chi connectivity index (χ4v) is 3.23. The predicted octanol–water partition coefficient (Wildman–Crippen LogP) is 2.07. The van der Waals surface area contributed by atoms with Crippen molar-refractivity contribution in [1.82, 2.24) is 20.1 Å². The molecule has 0 aliphatic carbocycles. The van der Waals surface area contributed by atoms with Gasteiger partial charge in [-0.25, -0.2) is 0 Å². The molecular weight excluding hydrogens is 340 g/mol. The van der Waals surface area contributed by atoms with Crippen molar-refractivity contribution in [2.24, 2.45) is 0 Å². The van der Waals surface area contributed by atoms with Gasteiger partial charge in [0.05, 0.1) is 6.54 Å². The summed E-state index contributed by atoms with van der Waals surface area (Å²) in [5.74, 6) is 0.0683. The summed E-state index contributed by atoms with van der Waals surface area (Å²) in [5, 5.41) is 2.93. The molecule has 1 saturated heterocycles.